The van der Waals surface area contributed by atoms with Gasteiger partial charge in [0.25, 0.3) is 0 Å². The summed E-state index contributed by atoms with van der Waals surface area (Å²) in [5.41, 5.74) is 3.12. The number of hydrogen-bond donors (Lipinski definition) is 0. The molecule has 0 radical (unpaired) electrons. The second-order valence-corrected chi connectivity index (χ2v) is 9.24. The van der Waals surface area contributed by atoms with Gasteiger partial charge in [-0.25, -0.2) is 4.98 Å². The normalized spacial score (nSPS) is 15.3. The average molecular weight is 425 g/mol. The van der Waals surface area contributed by atoms with Crippen LogP contribution < -0.4 is 0 Å². The maximum Gasteiger partial charge on any atom is 0.212 e. The molecular formula is C26H20N2O2S. The van der Waals surface area contributed by atoms with E-state index < -0.39 is 0 Å². The molecule has 1 aromatic heterocycles. The molecule has 5 heteroatoms. The summed E-state index contributed by atoms with van der Waals surface area (Å²) in [6.07, 6.45) is 5.72. The zero-order valence-electron chi connectivity index (χ0n) is 16.9. The molecule has 2 aliphatic rings. The van der Waals surface area contributed by atoms with Gasteiger partial charge in [0.05, 0.1) is 11.1 Å². The van der Waals surface area contributed by atoms with E-state index in [0.29, 0.717) is 38.1 Å². The number of nitriles is 1. The molecule has 1 fully saturated rings. The molecule has 1 saturated carbocycles. The van der Waals surface area contributed by atoms with E-state index in [4.69, 9.17) is 0 Å². The van der Waals surface area contributed by atoms with Gasteiger partial charge >= 0.3 is 0 Å². The van der Waals surface area contributed by atoms with Crippen molar-refractivity contribution in [2.24, 2.45) is 0 Å². The Morgan fingerprint density at radius 2 is 1.61 bits per heavy atom. The Bertz CT molecular complexity index is 1240. The maximum absolute atomic E-state index is 13.4. The van der Waals surface area contributed by atoms with Gasteiger partial charge in [-0.05, 0) is 18.4 Å². The zero-order chi connectivity index (χ0) is 21.4. The first kappa shape index (κ1) is 19.7. The minimum absolute atomic E-state index is 0.153. The number of carbonyl (C=O) groups excluding carboxylic acids is 2. The van der Waals surface area contributed by atoms with Crippen molar-refractivity contribution in [2.45, 2.75) is 42.4 Å². The van der Waals surface area contributed by atoms with Crippen molar-refractivity contribution in [3.8, 4) is 17.2 Å². The SMILES string of the molecule is N#Cc1c(SC2CCCCC2)nc(C(=O)c2ccccc2)c2c1-c1ccccc1C2=O. The summed E-state index contributed by atoms with van der Waals surface area (Å²) in [5, 5.41) is 11.0. The summed E-state index contributed by atoms with van der Waals surface area (Å²) < 4.78 is 0. The third-order valence-electron chi connectivity index (χ3n) is 6.03. The van der Waals surface area contributed by atoms with Crippen molar-refractivity contribution in [3.05, 3.63) is 82.5 Å². The molecule has 2 aliphatic carbocycles. The van der Waals surface area contributed by atoms with Crippen molar-refractivity contribution in [2.75, 3.05) is 0 Å². The molecule has 152 valence electrons. The Labute approximate surface area is 185 Å². The highest BCUT2D eigenvalue weighted by molar-refractivity contribution is 7.99. The van der Waals surface area contributed by atoms with Crippen molar-refractivity contribution in [3.63, 3.8) is 0 Å². The monoisotopic (exact) mass is 424 g/mol. The van der Waals surface area contributed by atoms with Crippen LogP contribution in [0.15, 0.2) is 59.6 Å². The topological polar surface area (TPSA) is 70.8 Å². The molecular weight excluding hydrogens is 404 g/mol. The van der Waals surface area contributed by atoms with Crippen LogP contribution in [-0.2, 0) is 0 Å². The molecule has 4 nitrogen and oxygen atoms in total. The molecule has 3 aromatic rings. The summed E-state index contributed by atoms with van der Waals surface area (Å²) in [4.78, 5) is 31.4. The van der Waals surface area contributed by atoms with E-state index in [1.54, 1.807) is 48.2 Å². The number of aromatic nitrogens is 1. The first-order valence-electron chi connectivity index (χ1n) is 10.6. The number of pyridine rings is 1. The van der Waals surface area contributed by atoms with Crippen LogP contribution >= 0.6 is 11.8 Å². The van der Waals surface area contributed by atoms with Crippen LogP contribution in [0, 0.1) is 11.3 Å². The summed E-state index contributed by atoms with van der Waals surface area (Å²) in [6, 6.07) is 18.5. The van der Waals surface area contributed by atoms with Gasteiger partial charge in [-0.15, -0.1) is 11.8 Å². The number of carbonyl (C=O) groups is 2. The minimum atomic E-state index is -0.284. The Morgan fingerprint density at radius 3 is 2.32 bits per heavy atom. The molecule has 0 aliphatic heterocycles. The lowest BCUT2D eigenvalue weighted by Crippen LogP contribution is -2.15. The molecule has 0 amide bonds. The number of hydrogen-bond acceptors (Lipinski definition) is 5. The van der Waals surface area contributed by atoms with Gasteiger partial charge in [0.15, 0.2) is 5.78 Å². The predicted molar refractivity (Wildman–Crippen MR) is 120 cm³/mol. The van der Waals surface area contributed by atoms with E-state index in [1.807, 2.05) is 18.2 Å². The molecule has 5 rings (SSSR count). The van der Waals surface area contributed by atoms with Crippen molar-refractivity contribution in [1.82, 2.24) is 4.98 Å². The highest BCUT2D eigenvalue weighted by Gasteiger charge is 2.36. The number of nitrogens with zero attached hydrogens (tertiary/aromatic N) is 2. The number of rotatable bonds is 4. The van der Waals surface area contributed by atoms with Crippen LogP contribution in [-0.4, -0.2) is 21.8 Å². The standard InChI is InChI=1S/C26H20N2O2S/c27-15-20-21-18-13-7-8-14-19(18)25(30)22(21)23(24(29)16-9-3-1-4-10-16)28-26(20)31-17-11-5-2-6-12-17/h1,3-4,7-10,13-14,17H,2,5-6,11-12H2. The third kappa shape index (κ3) is 3.37. The van der Waals surface area contributed by atoms with Crippen LogP contribution in [0.25, 0.3) is 11.1 Å². The van der Waals surface area contributed by atoms with Gasteiger partial charge in [0.2, 0.25) is 5.78 Å². The quantitative estimate of drug-likeness (QED) is 0.386. The fraction of sp³-hybridized carbons (Fsp3) is 0.231. The van der Waals surface area contributed by atoms with Gasteiger partial charge < -0.3 is 0 Å². The summed E-state index contributed by atoms with van der Waals surface area (Å²) in [6.45, 7) is 0. The van der Waals surface area contributed by atoms with Crippen LogP contribution in [0.3, 0.4) is 0 Å². The van der Waals surface area contributed by atoms with Gasteiger partial charge in [0, 0.05) is 21.9 Å². The van der Waals surface area contributed by atoms with Gasteiger partial charge in [-0.2, -0.15) is 5.26 Å². The van der Waals surface area contributed by atoms with Crippen LogP contribution in [0.5, 0.6) is 0 Å². The van der Waals surface area contributed by atoms with E-state index in [0.717, 1.165) is 12.8 Å². The number of fused-ring (bicyclic) bond motifs is 3. The smallest absolute Gasteiger partial charge is 0.212 e. The molecule has 0 saturated heterocycles. The third-order valence-corrected chi connectivity index (χ3v) is 7.35. The van der Waals surface area contributed by atoms with E-state index in [1.165, 1.54) is 19.3 Å². The van der Waals surface area contributed by atoms with Crippen LogP contribution in [0.2, 0.25) is 0 Å². The fourth-order valence-electron chi connectivity index (χ4n) is 4.51. The molecule has 0 bridgehead atoms. The van der Waals surface area contributed by atoms with Gasteiger partial charge in [0.1, 0.15) is 16.8 Å². The first-order chi connectivity index (χ1) is 15.2. The largest absolute Gasteiger partial charge is 0.288 e. The zero-order valence-corrected chi connectivity index (χ0v) is 17.7. The Balaban J connectivity index is 1.73. The molecule has 31 heavy (non-hydrogen) atoms. The second kappa shape index (κ2) is 8.13. The summed E-state index contributed by atoms with van der Waals surface area (Å²) in [5.74, 6) is -0.518. The number of ketones is 2. The average Bonchev–Trinajstić information content (AvgIpc) is 3.12. The van der Waals surface area contributed by atoms with Crippen molar-refractivity contribution < 1.29 is 9.59 Å². The summed E-state index contributed by atoms with van der Waals surface area (Å²) in [7, 11) is 0. The Kier molecular flexibility index (Phi) is 5.17. The molecule has 0 spiro atoms. The van der Waals surface area contributed by atoms with Gasteiger partial charge in [-0.1, -0.05) is 73.9 Å². The minimum Gasteiger partial charge on any atom is -0.288 e. The first-order valence-corrected chi connectivity index (χ1v) is 11.5. The molecule has 0 atom stereocenters. The highest BCUT2D eigenvalue weighted by atomic mass is 32.2. The number of benzene rings is 2. The van der Waals surface area contributed by atoms with E-state index in [9.17, 15) is 14.9 Å². The summed E-state index contributed by atoms with van der Waals surface area (Å²) >= 11 is 1.59. The van der Waals surface area contributed by atoms with E-state index in [-0.39, 0.29) is 22.8 Å². The van der Waals surface area contributed by atoms with E-state index in [2.05, 4.69) is 11.1 Å². The predicted octanol–water partition coefficient (Wildman–Crippen LogP) is 5.82. The lowest BCUT2D eigenvalue weighted by atomic mass is 9.97. The molecule has 1 heterocycles. The Hall–Kier alpha value is -3.23. The maximum atomic E-state index is 13.4. The highest BCUT2D eigenvalue weighted by Crippen LogP contribution is 2.45. The van der Waals surface area contributed by atoms with Crippen molar-refractivity contribution >= 4 is 23.3 Å². The molecule has 2 aromatic carbocycles. The van der Waals surface area contributed by atoms with Crippen LogP contribution in [0.1, 0.15) is 69.6 Å². The fourth-order valence-corrected chi connectivity index (χ4v) is 5.80. The lowest BCUT2D eigenvalue weighted by molar-refractivity contribution is 0.100. The lowest BCUT2D eigenvalue weighted by Gasteiger charge is -2.22. The van der Waals surface area contributed by atoms with E-state index >= 15 is 0 Å². The second-order valence-electron chi connectivity index (χ2n) is 7.95. The van der Waals surface area contributed by atoms with Crippen molar-refractivity contribution in [1.29, 1.82) is 5.26 Å². The van der Waals surface area contributed by atoms with Gasteiger partial charge in [-0.3, -0.25) is 9.59 Å². The number of thioether (sulfide) groups is 1. The molecule has 0 N–H and O–H groups in total. The molecule has 0 unspecified atom stereocenters. The van der Waals surface area contributed by atoms with Crippen LogP contribution in [0.4, 0.5) is 0 Å². The Morgan fingerprint density at radius 1 is 0.935 bits per heavy atom.